The number of hydrogen-bond acceptors (Lipinski definition) is 0. The van der Waals surface area contributed by atoms with E-state index in [1.165, 1.54) is 70.6 Å². The van der Waals surface area contributed by atoms with E-state index in [0.717, 1.165) is 23.7 Å². The van der Waals surface area contributed by atoms with Gasteiger partial charge in [0.1, 0.15) is 0 Å². The standard InChI is InChI=1S/C19H31Cl/c1-2-3-4-5-16-6-10-18(11-7-16)19-12-8-17(9-13-19)14-15-20/h2,14-19H,1,3-13H2/b15-14+. The summed E-state index contributed by atoms with van der Waals surface area (Å²) in [5.74, 6) is 3.83. The van der Waals surface area contributed by atoms with Crippen molar-refractivity contribution in [3.05, 3.63) is 24.3 Å². The smallest absolute Gasteiger partial charge is 0.000525 e. The summed E-state index contributed by atoms with van der Waals surface area (Å²) in [7, 11) is 0. The van der Waals surface area contributed by atoms with Gasteiger partial charge in [-0.3, -0.25) is 0 Å². The van der Waals surface area contributed by atoms with Crippen molar-refractivity contribution >= 4 is 11.6 Å². The summed E-state index contributed by atoms with van der Waals surface area (Å²) in [5.41, 5.74) is 1.72. The minimum absolute atomic E-state index is 0.763. The Bertz CT molecular complexity index is 291. The zero-order valence-electron chi connectivity index (χ0n) is 12.9. The van der Waals surface area contributed by atoms with Gasteiger partial charge >= 0.3 is 0 Å². The van der Waals surface area contributed by atoms with Gasteiger partial charge < -0.3 is 0 Å². The van der Waals surface area contributed by atoms with Gasteiger partial charge in [-0.15, -0.1) is 6.58 Å². The quantitative estimate of drug-likeness (QED) is 0.377. The monoisotopic (exact) mass is 294 g/mol. The molecule has 1 heteroatoms. The Morgan fingerprint density at radius 1 is 0.900 bits per heavy atom. The minimum Gasteiger partial charge on any atom is -0.103 e. The van der Waals surface area contributed by atoms with E-state index in [1.54, 1.807) is 5.54 Å². The molecule has 2 rings (SSSR count). The number of halogens is 1. The molecule has 2 aliphatic rings. The lowest BCUT2D eigenvalue weighted by atomic mass is 9.69. The van der Waals surface area contributed by atoms with Crippen LogP contribution in [0.15, 0.2) is 24.3 Å². The Balaban J connectivity index is 1.65. The van der Waals surface area contributed by atoms with Gasteiger partial charge in [0, 0.05) is 5.54 Å². The third kappa shape index (κ3) is 4.95. The molecule has 0 atom stereocenters. The van der Waals surface area contributed by atoms with Crippen LogP contribution in [0, 0.1) is 23.7 Å². The van der Waals surface area contributed by atoms with Gasteiger partial charge in [0.2, 0.25) is 0 Å². The van der Waals surface area contributed by atoms with Gasteiger partial charge in [-0.1, -0.05) is 43.0 Å². The molecule has 0 aliphatic heterocycles. The van der Waals surface area contributed by atoms with E-state index in [-0.39, 0.29) is 0 Å². The highest BCUT2D eigenvalue weighted by Crippen LogP contribution is 2.42. The first kappa shape index (κ1) is 16.1. The Kier molecular flexibility index (Phi) is 7.21. The summed E-state index contributed by atoms with van der Waals surface area (Å²) >= 11 is 5.70. The number of rotatable bonds is 6. The first-order valence-corrected chi connectivity index (χ1v) is 9.15. The van der Waals surface area contributed by atoms with Gasteiger partial charge in [0.15, 0.2) is 0 Å². The van der Waals surface area contributed by atoms with Crippen LogP contribution in [-0.4, -0.2) is 0 Å². The Morgan fingerprint density at radius 3 is 2.05 bits per heavy atom. The van der Waals surface area contributed by atoms with Crippen LogP contribution >= 0.6 is 11.6 Å². The summed E-state index contributed by atoms with van der Waals surface area (Å²) < 4.78 is 0. The lowest BCUT2D eigenvalue weighted by Gasteiger charge is -2.37. The van der Waals surface area contributed by atoms with Crippen molar-refractivity contribution in [1.82, 2.24) is 0 Å². The van der Waals surface area contributed by atoms with Crippen molar-refractivity contribution in [2.75, 3.05) is 0 Å². The van der Waals surface area contributed by atoms with E-state index in [9.17, 15) is 0 Å². The maximum Gasteiger partial charge on any atom is 0.000525 e. The van der Waals surface area contributed by atoms with Gasteiger partial charge in [-0.05, 0) is 75.0 Å². The molecule has 0 heterocycles. The van der Waals surface area contributed by atoms with Gasteiger partial charge in [-0.2, -0.15) is 0 Å². The van der Waals surface area contributed by atoms with Crippen LogP contribution < -0.4 is 0 Å². The fourth-order valence-electron chi connectivity index (χ4n) is 4.41. The molecule has 20 heavy (non-hydrogen) atoms. The molecular weight excluding hydrogens is 264 g/mol. The molecular formula is C19H31Cl. The molecule has 0 saturated heterocycles. The molecule has 0 N–H and O–H groups in total. The van der Waals surface area contributed by atoms with Crippen molar-refractivity contribution in [3.63, 3.8) is 0 Å². The van der Waals surface area contributed by atoms with Crippen LogP contribution in [0.1, 0.15) is 70.6 Å². The molecule has 2 saturated carbocycles. The van der Waals surface area contributed by atoms with Crippen molar-refractivity contribution in [2.24, 2.45) is 23.7 Å². The molecule has 0 bridgehead atoms. The predicted octanol–water partition coefficient (Wildman–Crippen LogP) is 6.71. The molecule has 0 aromatic heterocycles. The van der Waals surface area contributed by atoms with Crippen LogP contribution in [0.5, 0.6) is 0 Å². The second kappa shape index (κ2) is 8.93. The molecule has 2 fully saturated rings. The zero-order chi connectivity index (χ0) is 14.2. The normalized spacial score (nSPS) is 35.2. The molecule has 2 aliphatic carbocycles. The molecule has 0 spiro atoms. The molecule has 0 aromatic rings. The van der Waals surface area contributed by atoms with Gasteiger partial charge in [0.05, 0.1) is 0 Å². The Labute approximate surface area is 130 Å². The average molecular weight is 295 g/mol. The van der Waals surface area contributed by atoms with Crippen molar-refractivity contribution in [1.29, 1.82) is 0 Å². The summed E-state index contributed by atoms with van der Waals surface area (Å²) in [5, 5.41) is 0. The Hall–Kier alpha value is -0.230. The molecule has 0 nitrogen and oxygen atoms in total. The fourth-order valence-corrected chi connectivity index (χ4v) is 4.62. The van der Waals surface area contributed by atoms with E-state index in [1.807, 2.05) is 0 Å². The highest BCUT2D eigenvalue weighted by Gasteiger charge is 2.29. The maximum atomic E-state index is 5.70. The third-order valence-electron chi connectivity index (χ3n) is 5.74. The van der Waals surface area contributed by atoms with E-state index in [4.69, 9.17) is 11.6 Å². The highest BCUT2D eigenvalue weighted by molar-refractivity contribution is 6.25. The zero-order valence-corrected chi connectivity index (χ0v) is 13.7. The van der Waals surface area contributed by atoms with Crippen LogP contribution in [0.4, 0.5) is 0 Å². The molecule has 0 aromatic carbocycles. The number of allylic oxidation sites excluding steroid dienone is 2. The second-order valence-corrected chi connectivity index (χ2v) is 7.25. The average Bonchev–Trinajstić information content (AvgIpc) is 2.49. The van der Waals surface area contributed by atoms with Crippen LogP contribution in [0.3, 0.4) is 0 Å². The molecule has 114 valence electrons. The fraction of sp³-hybridized carbons (Fsp3) is 0.789. The SMILES string of the molecule is C=CCCCC1CCC(C2CCC(/C=C/Cl)CC2)CC1. The lowest BCUT2D eigenvalue weighted by Crippen LogP contribution is -2.25. The summed E-state index contributed by atoms with van der Waals surface area (Å²) in [6.45, 7) is 3.82. The van der Waals surface area contributed by atoms with Crippen LogP contribution in [0.2, 0.25) is 0 Å². The molecule has 0 amide bonds. The maximum absolute atomic E-state index is 5.70. The first-order valence-electron chi connectivity index (χ1n) is 8.71. The third-order valence-corrected chi connectivity index (χ3v) is 5.89. The number of unbranched alkanes of at least 4 members (excludes halogenated alkanes) is 1. The summed E-state index contributed by atoms with van der Waals surface area (Å²) in [6, 6.07) is 0. The van der Waals surface area contributed by atoms with E-state index in [0.29, 0.717) is 0 Å². The lowest BCUT2D eigenvalue weighted by molar-refractivity contribution is 0.152. The highest BCUT2D eigenvalue weighted by atomic mass is 35.5. The summed E-state index contributed by atoms with van der Waals surface area (Å²) in [4.78, 5) is 0. The van der Waals surface area contributed by atoms with Crippen LogP contribution in [-0.2, 0) is 0 Å². The number of hydrogen-bond donors (Lipinski definition) is 0. The predicted molar refractivity (Wildman–Crippen MR) is 89.9 cm³/mol. The van der Waals surface area contributed by atoms with Gasteiger partial charge in [0.25, 0.3) is 0 Å². The van der Waals surface area contributed by atoms with Crippen LogP contribution in [0.25, 0.3) is 0 Å². The molecule has 0 unspecified atom stereocenters. The minimum atomic E-state index is 0.763. The van der Waals surface area contributed by atoms with Crippen molar-refractivity contribution < 1.29 is 0 Å². The topological polar surface area (TPSA) is 0 Å². The summed E-state index contributed by atoms with van der Waals surface area (Å²) in [6.07, 6.45) is 19.9. The van der Waals surface area contributed by atoms with E-state index in [2.05, 4.69) is 18.7 Å². The largest absolute Gasteiger partial charge is 0.103 e. The van der Waals surface area contributed by atoms with Crippen molar-refractivity contribution in [3.8, 4) is 0 Å². The van der Waals surface area contributed by atoms with Gasteiger partial charge in [-0.25, -0.2) is 0 Å². The van der Waals surface area contributed by atoms with E-state index < -0.39 is 0 Å². The molecule has 0 radical (unpaired) electrons. The van der Waals surface area contributed by atoms with Crippen molar-refractivity contribution in [2.45, 2.75) is 70.6 Å². The Morgan fingerprint density at radius 2 is 1.50 bits per heavy atom. The first-order chi connectivity index (χ1) is 9.83. The van der Waals surface area contributed by atoms with E-state index >= 15 is 0 Å². The second-order valence-electron chi connectivity index (χ2n) is 6.99.